The van der Waals surface area contributed by atoms with Crippen molar-refractivity contribution in [2.45, 2.75) is 57.0 Å². The summed E-state index contributed by atoms with van der Waals surface area (Å²) in [4.78, 5) is 33.8. The van der Waals surface area contributed by atoms with Gasteiger partial charge in [0.25, 0.3) is 11.1 Å². The van der Waals surface area contributed by atoms with Crippen molar-refractivity contribution in [2.75, 3.05) is 28.4 Å². The van der Waals surface area contributed by atoms with Gasteiger partial charge in [0.05, 0.1) is 38.2 Å². The van der Waals surface area contributed by atoms with Crippen molar-refractivity contribution < 1.29 is 64.8 Å². The van der Waals surface area contributed by atoms with Gasteiger partial charge in [-0.15, -0.1) is 0 Å². The van der Waals surface area contributed by atoms with E-state index in [1.54, 1.807) is 48.5 Å². The van der Waals surface area contributed by atoms with Crippen molar-refractivity contribution in [1.29, 1.82) is 0 Å². The van der Waals surface area contributed by atoms with Crippen LogP contribution in [-0.2, 0) is 19.7 Å². The number of aromatic hydroxyl groups is 2. The number of nitrogens with zero attached hydrogens (tertiary/aromatic N) is 4. The van der Waals surface area contributed by atoms with Crippen LogP contribution in [-0.4, -0.2) is 91.8 Å². The zero-order valence-electron chi connectivity index (χ0n) is 41.9. The van der Waals surface area contributed by atoms with Crippen molar-refractivity contribution in [3.05, 3.63) is 176 Å². The molecule has 78 heavy (non-hydrogen) atoms. The SMILES string of the molecule is COc1cccc(OC)c1-n1c(-c2ccc(F)cc2)nc(O)c(S(=O)(=O)c2ccc(Br)cc2)c1=O.COc1cccc(OC)c1-n1c(-c2ccc(F)cc2)nc(O)c(S(=O)(=O)c2ccc(C3CC3)cc2)c1=O.OB(O)C1CC1. The first kappa shape index (κ1) is 56.3. The van der Waals surface area contributed by atoms with Gasteiger partial charge in [-0.25, -0.2) is 25.6 Å². The van der Waals surface area contributed by atoms with Crippen LogP contribution in [0.5, 0.6) is 34.8 Å². The highest BCUT2D eigenvalue weighted by Crippen LogP contribution is 2.42. The standard InChI is InChI=1S/C27H23FN2O6S.C24H18BrFN2O6S.C3H7BO2/c1-35-21-4-3-5-22(36-2)23(21)30-25(18-8-12-19(28)13-9-18)29-26(31)24(27(30)32)37(33,34)20-14-10-17(11-15-20)16-6-7-16;1-33-18-4-3-5-19(34-2)20(18)28-22(14-6-10-16(26)11-7-14)27-23(29)21(24(28)30)35(31,32)17-12-8-15(25)9-13-17;5-4(6)3-1-2-3/h3-5,8-16,31H,6-7H2,1-2H3;3-13,29H,1-2H3;3,5-6H,1-2H2. The molecule has 0 unspecified atom stereocenters. The van der Waals surface area contributed by atoms with E-state index in [9.17, 15) is 45.4 Å². The van der Waals surface area contributed by atoms with E-state index in [1.165, 1.54) is 89.1 Å². The molecule has 10 rings (SSSR count). The van der Waals surface area contributed by atoms with E-state index < -0.39 is 71.1 Å². The second kappa shape index (κ2) is 23.4. The summed E-state index contributed by atoms with van der Waals surface area (Å²) in [6.45, 7) is 0. The Balaban J connectivity index is 0.000000186. The largest absolute Gasteiger partial charge is 0.494 e. The van der Waals surface area contributed by atoms with E-state index in [1.807, 2.05) is 0 Å². The van der Waals surface area contributed by atoms with Crippen LogP contribution in [0.1, 0.15) is 37.2 Å². The van der Waals surface area contributed by atoms with Crippen LogP contribution in [0.15, 0.2) is 167 Å². The molecule has 0 saturated heterocycles. The number of methoxy groups -OCH3 is 4. The quantitative estimate of drug-likeness (QED) is 0.0745. The number of aromatic nitrogens is 4. The normalized spacial score (nSPS) is 13.0. The molecule has 2 heterocycles. The van der Waals surface area contributed by atoms with Crippen LogP contribution in [0, 0.1) is 11.6 Å². The van der Waals surface area contributed by atoms with Gasteiger partial charge < -0.3 is 39.2 Å². The van der Waals surface area contributed by atoms with Gasteiger partial charge in [0.15, 0.2) is 21.4 Å². The zero-order valence-corrected chi connectivity index (χ0v) is 45.1. The minimum Gasteiger partial charge on any atom is -0.494 e. The first-order valence-electron chi connectivity index (χ1n) is 23.6. The van der Waals surface area contributed by atoms with Gasteiger partial charge in [-0.2, -0.15) is 9.97 Å². The number of rotatable bonds is 14. The van der Waals surface area contributed by atoms with Crippen LogP contribution >= 0.6 is 15.9 Å². The van der Waals surface area contributed by atoms with E-state index in [0.717, 1.165) is 64.6 Å². The molecule has 4 N–H and O–H groups in total. The molecule has 0 bridgehead atoms. The highest BCUT2D eigenvalue weighted by molar-refractivity contribution is 9.10. The van der Waals surface area contributed by atoms with Crippen molar-refractivity contribution in [3.63, 3.8) is 0 Å². The lowest BCUT2D eigenvalue weighted by atomic mass is 9.84. The fourth-order valence-corrected chi connectivity index (χ4v) is 11.1. The maximum absolute atomic E-state index is 14.0. The molecule has 6 aromatic carbocycles. The van der Waals surface area contributed by atoms with Gasteiger partial charge in [0.1, 0.15) is 46.0 Å². The average Bonchev–Trinajstić information content (AvgIpc) is 4.48. The smallest absolute Gasteiger partial charge is 0.454 e. The molecule has 2 fully saturated rings. The van der Waals surface area contributed by atoms with Crippen molar-refractivity contribution >= 4 is 42.7 Å². The Labute approximate surface area is 454 Å². The third-order valence-corrected chi connectivity index (χ3v) is 16.6. The Hall–Kier alpha value is -7.90. The fourth-order valence-electron chi connectivity index (χ4n) is 8.14. The molecule has 18 nitrogen and oxygen atoms in total. The van der Waals surface area contributed by atoms with Crippen molar-refractivity contribution in [3.8, 4) is 68.9 Å². The lowest BCUT2D eigenvalue weighted by Crippen LogP contribution is -2.28. The Kier molecular flexibility index (Phi) is 16.9. The van der Waals surface area contributed by atoms with Crippen LogP contribution in [0.4, 0.5) is 8.78 Å². The Morgan fingerprint density at radius 1 is 0.538 bits per heavy atom. The van der Waals surface area contributed by atoms with Crippen molar-refractivity contribution in [1.82, 2.24) is 19.1 Å². The van der Waals surface area contributed by atoms with Gasteiger partial charge in [0, 0.05) is 15.6 Å². The Morgan fingerprint density at radius 3 is 1.18 bits per heavy atom. The molecule has 2 aliphatic rings. The molecule has 0 amide bonds. The molecule has 0 spiro atoms. The summed E-state index contributed by atoms with van der Waals surface area (Å²) < 4.78 is 106. The summed E-state index contributed by atoms with van der Waals surface area (Å²) >= 11 is 3.23. The van der Waals surface area contributed by atoms with E-state index in [2.05, 4.69) is 25.9 Å². The van der Waals surface area contributed by atoms with Crippen molar-refractivity contribution in [2.24, 2.45) is 0 Å². The molecule has 2 aliphatic carbocycles. The molecular weight excluding hydrogens is 1120 g/mol. The summed E-state index contributed by atoms with van der Waals surface area (Å²) in [6.07, 6.45) is 4.09. The van der Waals surface area contributed by atoms with E-state index >= 15 is 0 Å². The molecule has 8 aromatic rings. The first-order chi connectivity index (χ1) is 37.2. The predicted octanol–water partition coefficient (Wildman–Crippen LogP) is 8.45. The predicted molar refractivity (Wildman–Crippen MR) is 287 cm³/mol. The third-order valence-electron chi connectivity index (χ3n) is 12.4. The fraction of sp³-hybridized carbons (Fsp3) is 0.185. The minimum absolute atomic E-state index is 0.0570. The monoisotopic (exact) mass is 1170 g/mol. The van der Waals surface area contributed by atoms with Crippen LogP contribution in [0.25, 0.3) is 34.2 Å². The van der Waals surface area contributed by atoms with Crippen LogP contribution < -0.4 is 30.1 Å². The molecule has 0 atom stereocenters. The second-order valence-electron chi connectivity index (χ2n) is 17.5. The second-order valence-corrected chi connectivity index (χ2v) is 22.2. The summed E-state index contributed by atoms with van der Waals surface area (Å²) in [5, 5.41) is 38.0. The van der Waals surface area contributed by atoms with E-state index in [0.29, 0.717) is 10.4 Å². The summed E-state index contributed by atoms with van der Waals surface area (Å²) in [7, 11) is -4.52. The Bertz CT molecular complexity index is 3820. The lowest BCUT2D eigenvalue weighted by Gasteiger charge is -2.19. The molecule has 2 saturated carbocycles. The van der Waals surface area contributed by atoms with Crippen LogP contribution in [0.3, 0.4) is 0 Å². The van der Waals surface area contributed by atoms with Gasteiger partial charge >= 0.3 is 7.12 Å². The van der Waals surface area contributed by atoms with Gasteiger partial charge in [-0.3, -0.25) is 18.7 Å². The average molecular weight is 1170 g/mol. The van der Waals surface area contributed by atoms with E-state index in [-0.39, 0.29) is 72.8 Å². The van der Waals surface area contributed by atoms with Gasteiger partial charge in [-0.1, -0.05) is 53.0 Å². The number of halogens is 3. The number of benzene rings is 6. The number of hydrogen-bond acceptors (Lipinski definition) is 16. The van der Waals surface area contributed by atoms with E-state index in [4.69, 9.17) is 29.0 Å². The summed E-state index contributed by atoms with van der Waals surface area (Å²) in [5.41, 5.74) is -0.530. The number of para-hydroxylation sites is 2. The van der Waals surface area contributed by atoms with Crippen LogP contribution in [0.2, 0.25) is 5.82 Å². The minimum atomic E-state index is -4.50. The summed E-state index contributed by atoms with van der Waals surface area (Å²) in [6, 6.07) is 31.4. The topological polar surface area (TPSA) is 256 Å². The maximum atomic E-state index is 14.0. The molecule has 404 valence electrons. The Morgan fingerprint density at radius 2 is 0.885 bits per heavy atom. The third kappa shape index (κ3) is 11.7. The zero-order chi connectivity index (χ0) is 56.2. The van der Waals surface area contributed by atoms with Gasteiger partial charge in [0.2, 0.25) is 31.4 Å². The maximum Gasteiger partial charge on any atom is 0.454 e. The highest BCUT2D eigenvalue weighted by atomic mass is 79.9. The molecule has 0 aliphatic heterocycles. The molecular formula is C54H48BBrF2N4O14S2. The molecule has 2 aromatic heterocycles. The van der Waals surface area contributed by atoms with Gasteiger partial charge in [-0.05, 0) is 139 Å². The number of ether oxygens (including phenoxy) is 4. The lowest BCUT2D eigenvalue weighted by molar-refractivity contribution is 0.388. The highest BCUT2D eigenvalue weighted by Gasteiger charge is 2.35. The number of sulfone groups is 2. The molecule has 24 heteroatoms. The number of hydrogen-bond donors (Lipinski definition) is 4. The first-order valence-corrected chi connectivity index (χ1v) is 27.4. The summed E-state index contributed by atoms with van der Waals surface area (Å²) in [5.74, 6) is -1.95. The molecule has 0 radical (unpaired) electrons.